The van der Waals surface area contributed by atoms with Crippen molar-refractivity contribution in [2.24, 2.45) is 0 Å². The van der Waals surface area contributed by atoms with Gasteiger partial charge in [-0.3, -0.25) is 4.21 Å². The molecular formula is C10H14O3S. The lowest BCUT2D eigenvalue weighted by Crippen LogP contribution is -2.20. The topological polar surface area (TPSA) is 57.5 Å². The van der Waals surface area contributed by atoms with E-state index in [1.54, 1.807) is 12.1 Å². The van der Waals surface area contributed by atoms with Crippen molar-refractivity contribution in [2.75, 3.05) is 12.4 Å². The maximum absolute atomic E-state index is 11.6. The van der Waals surface area contributed by atoms with Gasteiger partial charge >= 0.3 is 0 Å². The predicted molar refractivity (Wildman–Crippen MR) is 55.5 cm³/mol. The van der Waals surface area contributed by atoms with Crippen LogP contribution in [0, 0.1) is 6.92 Å². The number of aliphatic hydroxyl groups excluding tert-OH is 2. The zero-order chi connectivity index (χ0) is 10.6. The van der Waals surface area contributed by atoms with Gasteiger partial charge < -0.3 is 10.2 Å². The summed E-state index contributed by atoms with van der Waals surface area (Å²) in [6.45, 7) is 1.60. The third-order valence-corrected chi connectivity index (χ3v) is 3.32. The van der Waals surface area contributed by atoms with Crippen LogP contribution < -0.4 is 0 Å². The van der Waals surface area contributed by atoms with Crippen molar-refractivity contribution in [3.63, 3.8) is 0 Å². The highest BCUT2D eigenvalue weighted by Crippen LogP contribution is 2.09. The smallest absolute Gasteiger partial charge is 0.0889 e. The number of hydrogen-bond acceptors (Lipinski definition) is 3. The van der Waals surface area contributed by atoms with Crippen LogP contribution in [0.4, 0.5) is 0 Å². The molecule has 0 spiro atoms. The fraction of sp³-hybridized carbons (Fsp3) is 0.400. The lowest BCUT2D eigenvalue weighted by atomic mass is 10.2. The van der Waals surface area contributed by atoms with Crippen LogP contribution in [0.3, 0.4) is 0 Å². The van der Waals surface area contributed by atoms with Gasteiger partial charge in [0.15, 0.2) is 0 Å². The van der Waals surface area contributed by atoms with Crippen molar-refractivity contribution in [3.05, 3.63) is 29.8 Å². The Morgan fingerprint density at radius 2 is 1.93 bits per heavy atom. The molecule has 3 nitrogen and oxygen atoms in total. The van der Waals surface area contributed by atoms with Crippen LogP contribution in [-0.2, 0) is 10.8 Å². The quantitative estimate of drug-likeness (QED) is 0.765. The molecule has 2 N–H and O–H groups in total. The third-order valence-electron chi connectivity index (χ3n) is 1.84. The molecule has 1 rings (SSSR count). The van der Waals surface area contributed by atoms with E-state index >= 15 is 0 Å². The molecule has 78 valence electrons. The molecule has 0 fully saturated rings. The number of aliphatic hydroxyl groups is 2. The molecule has 14 heavy (non-hydrogen) atoms. The van der Waals surface area contributed by atoms with Crippen LogP contribution in [0.1, 0.15) is 5.56 Å². The van der Waals surface area contributed by atoms with Gasteiger partial charge in [-0.1, -0.05) is 17.7 Å². The van der Waals surface area contributed by atoms with E-state index in [2.05, 4.69) is 0 Å². The summed E-state index contributed by atoms with van der Waals surface area (Å²) < 4.78 is 11.6. The van der Waals surface area contributed by atoms with Crippen molar-refractivity contribution in [1.29, 1.82) is 0 Å². The van der Waals surface area contributed by atoms with Crippen LogP contribution in [0.15, 0.2) is 29.2 Å². The molecule has 1 aromatic rings. The van der Waals surface area contributed by atoms with Crippen LogP contribution in [0.25, 0.3) is 0 Å². The summed E-state index contributed by atoms with van der Waals surface area (Å²) in [4.78, 5) is 0.683. The van der Waals surface area contributed by atoms with Crippen LogP contribution in [0.2, 0.25) is 0 Å². The lowest BCUT2D eigenvalue weighted by molar-refractivity contribution is 0.113. The molecule has 0 saturated carbocycles. The van der Waals surface area contributed by atoms with E-state index in [0.717, 1.165) is 5.56 Å². The van der Waals surface area contributed by atoms with Gasteiger partial charge in [0.05, 0.1) is 29.3 Å². The van der Waals surface area contributed by atoms with Gasteiger partial charge in [-0.25, -0.2) is 0 Å². The number of benzene rings is 1. The zero-order valence-corrected chi connectivity index (χ0v) is 8.83. The van der Waals surface area contributed by atoms with E-state index in [0.29, 0.717) is 4.90 Å². The molecule has 0 aliphatic carbocycles. The zero-order valence-electron chi connectivity index (χ0n) is 8.01. The number of hydrogen-bond donors (Lipinski definition) is 2. The minimum atomic E-state index is -1.23. The Hall–Kier alpha value is -0.710. The summed E-state index contributed by atoms with van der Waals surface area (Å²) >= 11 is 0. The van der Waals surface area contributed by atoms with Gasteiger partial charge in [-0.05, 0) is 19.1 Å². The molecule has 0 aromatic heterocycles. The first kappa shape index (κ1) is 11.4. The second-order valence-corrected chi connectivity index (χ2v) is 4.66. The molecule has 0 aliphatic heterocycles. The molecule has 2 atom stereocenters. The standard InChI is InChI=1S/C10H14O3S/c1-8-2-4-10(5-3-8)14(13)7-9(12)6-11/h2-5,9,11-12H,6-7H2,1H3/t9-,14+/m1/s1. The normalized spacial score (nSPS) is 15.1. The third kappa shape index (κ3) is 3.21. The van der Waals surface area contributed by atoms with Crippen molar-refractivity contribution in [2.45, 2.75) is 17.9 Å². The van der Waals surface area contributed by atoms with Crippen molar-refractivity contribution in [1.82, 2.24) is 0 Å². The fourth-order valence-corrected chi connectivity index (χ4v) is 2.10. The lowest BCUT2D eigenvalue weighted by Gasteiger charge is -2.06. The summed E-state index contributed by atoms with van der Waals surface area (Å²) in [6.07, 6.45) is -0.905. The van der Waals surface area contributed by atoms with E-state index in [4.69, 9.17) is 10.2 Å². The maximum Gasteiger partial charge on any atom is 0.0889 e. The minimum absolute atomic E-state index is 0.0829. The predicted octanol–water partition coefficient (Wildman–Crippen LogP) is 0.456. The number of rotatable bonds is 4. The molecule has 4 heteroatoms. The molecule has 0 radical (unpaired) electrons. The largest absolute Gasteiger partial charge is 0.394 e. The molecule has 0 heterocycles. The van der Waals surface area contributed by atoms with Gasteiger partial charge in [-0.15, -0.1) is 0 Å². The van der Waals surface area contributed by atoms with E-state index in [1.165, 1.54) is 0 Å². The molecule has 0 saturated heterocycles. The molecule has 0 unspecified atom stereocenters. The monoisotopic (exact) mass is 214 g/mol. The van der Waals surface area contributed by atoms with Gasteiger partial charge in [-0.2, -0.15) is 0 Å². The number of aryl methyl sites for hydroxylation is 1. The molecule has 1 aromatic carbocycles. The summed E-state index contributed by atoms with van der Waals surface area (Å²) in [7, 11) is -1.23. The van der Waals surface area contributed by atoms with Crippen LogP contribution in [-0.4, -0.2) is 32.9 Å². The Bertz CT molecular complexity index is 308. The average Bonchev–Trinajstić information content (AvgIpc) is 2.18. The van der Waals surface area contributed by atoms with Gasteiger partial charge in [0.2, 0.25) is 0 Å². The van der Waals surface area contributed by atoms with E-state index in [1.807, 2.05) is 19.1 Å². The van der Waals surface area contributed by atoms with Crippen LogP contribution >= 0.6 is 0 Å². The Labute approximate surface area is 85.9 Å². The first-order valence-corrected chi connectivity index (χ1v) is 5.69. The molecule has 0 amide bonds. The Kier molecular flexibility index (Phi) is 4.25. The summed E-state index contributed by atoms with van der Waals surface area (Å²) in [5, 5.41) is 17.7. The Balaban J connectivity index is 2.65. The first-order chi connectivity index (χ1) is 6.63. The Morgan fingerprint density at radius 3 is 2.43 bits per heavy atom. The van der Waals surface area contributed by atoms with Crippen molar-refractivity contribution >= 4 is 10.8 Å². The summed E-state index contributed by atoms with van der Waals surface area (Å²) in [6, 6.07) is 7.29. The van der Waals surface area contributed by atoms with Crippen LogP contribution in [0.5, 0.6) is 0 Å². The van der Waals surface area contributed by atoms with E-state index < -0.39 is 16.9 Å². The average molecular weight is 214 g/mol. The highest BCUT2D eigenvalue weighted by atomic mass is 32.2. The van der Waals surface area contributed by atoms with Gasteiger partial charge in [0, 0.05) is 4.90 Å². The highest BCUT2D eigenvalue weighted by molar-refractivity contribution is 7.85. The molecule has 0 bridgehead atoms. The molecular weight excluding hydrogens is 200 g/mol. The minimum Gasteiger partial charge on any atom is -0.394 e. The maximum atomic E-state index is 11.6. The second kappa shape index (κ2) is 5.24. The first-order valence-electron chi connectivity index (χ1n) is 4.37. The Morgan fingerprint density at radius 1 is 1.36 bits per heavy atom. The fourth-order valence-electron chi connectivity index (χ4n) is 1.01. The molecule has 0 aliphatic rings. The summed E-state index contributed by atoms with van der Waals surface area (Å²) in [5.41, 5.74) is 1.11. The van der Waals surface area contributed by atoms with Gasteiger partial charge in [0.1, 0.15) is 0 Å². The highest BCUT2D eigenvalue weighted by Gasteiger charge is 2.09. The van der Waals surface area contributed by atoms with Crippen molar-refractivity contribution < 1.29 is 14.4 Å². The second-order valence-electron chi connectivity index (χ2n) is 3.16. The SMILES string of the molecule is Cc1ccc([S@@](=O)C[C@H](O)CO)cc1. The van der Waals surface area contributed by atoms with E-state index in [9.17, 15) is 4.21 Å². The van der Waals surface area contributed by atoms with Crippen molar-refractivity contribution in [3.8, 4) is 0 Å². The summed E-state index contributed by atoms with van der Waals surface area (Å²) in [5.74, 6) is 0.0829. The van der Waals surface area contributed by atoms with Gasteiger partial charge in [0.25, 0.3) is 0 Å². The van der Waals surface area contributed by atoms with E-state index in [-0.39, 0.29) is 12.4 Å².